The first-order valence-corrected chi connectivity index (χ1v) is 6.49. The third kappa shape index (κ3) is 1.99. The second kappa shape index (κ2) is 4.34. The molecule has 7 nitrogen and oxygen atoms in total. The number of nitrogens with zero attached hydrogens (tertiary/aromatic N) is 5. The highest BCUT2D eigenvalue weighted by molar-refractivity contribution is 5.87. The molecule has 102 valence electrons. The number of likely N-dealkylation sites (N-methyl/N-ethyl adjacent to an activating group) is 1. The summed E-state index contributed by atoms with van der Waals surface area (Å²) in [6.07, 6.45) is 1.76. The molecule has 2 atom stereocenters. The number of aromatic amines is 1. The van der Waals surface area contributed by atoms with Gasteiger partial charge in [-0.3, -0.25) is 10.00 Å². The Labute approximate surface area is 111 Å². The van der Waals surface area contributed by atoms with E-state index in [1.807, 2.05) is 0 Å². The molecule has 0 spiro atoms. The Morgan fingerprint density at radius 1 is 1.26 bits per heavy atom. The Morgan fingerprint density at radius 3 is 2.63 bits per heavy atom. The van der Waals surface area contributed by atoms with E-state index in [4.69, 9.17) is 5.73 Å². The van der Waals surface area contributed by atoms with Gasteiger partial charge >= 0.3 is 0 Å². The Morgan fingerprint density at radius 2 is 1.95 bits per heavy atom. The molecule has 19 heavy (non-hydrogen) atoms. The molecule has 7 heteroatoms. The fourth-order valence-corrected chi connectivity index (χ4v) is 2.65. The fourth-order valence-electron chi connectivity index (χ4n) is 2.65. The van der Waals surface area contributed by atoms with E-state index in [0.29, 0.717) is 17.7 Å². The van der Waals surface area contributed by atoms with E-state index in [1.165, 1.54) is 0 Å². The Kier molecular flexibility index (Phi) is 2.78. The summed E-state index contributed by atoms with van der Waals surface area (Å²) in [5.41, 5.74) is 6.48. The third-order valence-electron chi connectivity index (χ3n) is 3.97. The lowest BCUT2D eigenvalue weighted by molar-refractivity contribution is 0.170. The number of rotatable bonds is 1. The van der Waals surface area contributed by atoms with Crippen LogP contribution in [0.2, 0.25) is 0 Å². The van der Waals surface area contributed by atoms with Crippen molar-refractivity contribution in [3.05, 3.63) is 6.20 Å². The molecule has 0 saturated carbocycles. The molecule has 1 saturated heterocycles. The summed E-state index contributed by atoms with van der Waals surface area (Å²) in [7, 11) is 2.16. The maximum Gasteiger partial charge on any atom is 0.224 e. The van der Waals surface area contributed by atoms with Crippen molar-refractivity contribution in [3.63, 3.8) is 0 Å². The minimum atomic E-state index is 0.283. The zero-order valence-corrected chi connectivity index (χ0v) is 11.5. The lowest BCUT2D eigenvalue weighted by atomic mass is 10.1. The van der Waals surface area contributed by atoms with Gasteiger partial charge in [0.15, 0.2) is 5.65 Å². The van der Waals surface area contributed by atoms with Crippen LogP contribution in [0.1, 0.15) is 13.8 Å². The van der Waals surface area contributed by atoms with Gasteiger partial charge in [0.2, 0.25) is 5.95 Å². The minimum absolute atomic E-state index is 0.283. The summed E-state index contributed by atoms with van der Waals surface area (Å²) in [6.45, 7) is 6.30. The van der Waals surface area contributed by atoms with Crippen molar-refractivity contribution in [1.29, 1.82) is 0 Å². The number of hydrogen-bond donors (Lipinski definition) is 2. The lowest BCUT2D eigenvalue weighted by Gasteiger charge is -2.43. The van der Waals surface area contributed by atoms with E-state index in [2.05, 4.69) is 50.9 Å². The summed E-state index contributed by atoms with van der Waals surface area (Å²) < 4.78 is 0. The highest BCUT2D eigenvalue weighted by Gasteiger charge is 2.28. The van der Waals surface area contributed by atoms with Gasteiger partial charge in [-0.2, -0.15) is 15.1 Å². The summed E-state index contributed by atoms with van der Waals surface area (Å²) in [6, 6.07) is 0.948. The number of anilines is 2. The van der Waals surface area contributed by atoms with Crippen molar-refractivity contribution in [2.75, 3.05) is 30.8 Å². The molecule has 2 aromatic rings. The van der Waals surface area contributed by atoms with Gasteiger partial charge < -0.3 is 10.6 Å². The van der Waals surface area contributed by atoms with Crippen LogP contribution in [0, 0.1) is 0 Å². The number of hydrogen-bond acceptors (Lipinski definition) is 6. The monoisotopic (exact) mass is 261 g/mol. The number of piperazine rings is 1. The van der Waals surface area contributed by atoms with Crippen molar-refractivity contribution < 1.29 is 0 Å². The summed E-state index contributed by atoms with van der Waals surface area (Å²) in [4.78, 5) is 13.2. The smallest absolute Gasteiger partial charge is 0.224 e. The molecule has 0 amide bonds. The van der Waals surface area contributed by atoms with Gasteiger partial charge in [-0.05, 0) is 20.9 Å². The molecule has 0 aromatic carbocycles. The standard InChI is InChI=1S/C12H19N7/c1-7-5-19(6-8(2)18(7)3)11-9-4-14-17-10(9)15-12(13)16-11/h4,7-8H,5-6H2,1-3H3,(H3,13,14,15,16,17). The van der Waals surface area contributed by atoms with Crippen molar-refractivity contribution in [2.45, 2.75) is 25.9 Å². The number of nitrogens with one attached hydrogen (secondary N) is 1. The predicted molar refractivity (Wildman–Crippen MR) is 75.0 cm³/mol. The van der Waals surface area contributed by atoms with E-state index in [0.717, 1.165) is 24.3 Å². The van der Waals surface area contributed by atoms with Crippen LogP contribution in [0.5, 0.6) is 0 Å². The highest BCUT2D eigenvalue weighted by Crippen LogP contribution is 2.26. The van der Waals surface area contributed by atoms with E-state index in [-0.39, 0.29) is 5.95 Å². The maximum atomic E-state index is 5.78. The highest BCUT2D eigenvalue weighted by atomic mass is 15.3. The molecule has 3 N–H and O–H groups in total. The van der Waals surface area contributed by atoms with Crippen LogP contribution >= 0.6 is 0 Å². The minimum Gasteiger partial charge on any atom is -0.368 e. The van der Waals surface area contributed by atoms with Crippen molar-refractivity contribution in [2.24, 2.45) is 0 Å². The van der Waals surface area contributed by atoms with Crippen LogP contribution in [-0.4, -0.2) is 57.3 Å². The van der Waals surface area contributed by atoms with Crippen LogP contribution in [0.4, 0.5) is 11.8 Å². The van der Waals surface area contributed by atoms with Gasteiger partial charge in [-0.25, -0.2) is 0 Å². The molecule has 2 unspecified atom stereocenters. The lowest BCUT2D eigenvalue weighted by Crippen LogP contribution is -2.55. The summed E-state index contributed by atoms with van der Waals surface area (Å²) in [5.74, 6) is 1.16. The average Bonchev–Trinajstić information content (AvgIpc) is 2.82. The Balaban J connectivity index is 2.02. The number of aromatic nitrogens is 4. The molecule has 2 aromatic heterocycles. The van der Waals surface area contributed by atoms with E-state index >= 15 is 0 Å². The molecular formula is C12H19N7. The second-order valence-corrected chi connectivity index (χ2v) is 5.31. The summed E-state index contributed by atoms with van der Waals surface area (Å²) in [5, 5.41) is 7.81. The quantitative estimate of drug-likeness (QED) is 0.775. The molecule has 1 aliphatic heterocycles. The molecule has 1 aliphatic rings. The first-order valence-electron chi connectivity index (χ1n) is 6.49. The fraction of sp³-hybridized carbons (Fsp3) is 0.583. The van der Waals surface area contributed by atoms with Crippen LogP contribution < -0.4 is 10.6 Å². The second-order valence-electron chi connectivity index (χ2n) is 5.31. The topological polar surface area (TPSA) is 87.0 Å². The Hall–Kier alpha value is -1.89. The normalized spacial score (nSPS) is 25.1. The molecule has 3 rings (SSSR count). The number of nitrogens with two attached hydrogens (primary N) is 1. The molecule has 0 bridgehead atoms. The Bertz CT molecular complexity index is 581. The zero-order chi connectivity index (χ0) is 13.6. The van der Waals surface area contributed by atoms with Gasteiger partial charge in [0.25, 0.3) is 0 Å². The third-order valence-corrected chi connectivity index (χ3v) is 3.97. The summed E-state index contributed by atoms with van der Waals surface area (Å²) >= 11 is 0. The van der Waals surface area contributed by atoms with Crippen molar-refractivity contribution in [1.82, 2.24) is 25.1 Å². The first-order chi connectivity index (χ1) is 9.06. The van der Waals surface area contributed by atoms with Gasteiger partial charge in [-0.1, -0.05) is 0 Å². The molecule has 0 radical (unpaired) electrons. The van der Waals surface area contributed by atoms with Gasteiger partial charge in [0, 0.05) is 25.2 Å². The number of fused-ring (bicyclic) bond motifs is 1. The van der Waals surface area contributed by atoms with Crippen LogP contribution in [0.3, 0.4) is 0 Å². The molecular weight excluding hydrogens is 242 g/mol. The van der Waals surface area contributed by atoms with Gasteiger partial charge in [0.05, 0.1) is 11.6 Å². The molecule has 1 fully saturated rings. The number of H-pyrrole nitrogens is 1. The average molecular weight is 261 g/mol. The van der Waals surface area contributed by atoms with E-state index in [9.17, 15) is 0 Å². The first kappa shape index (κ1) is 12.2. The van der Waals surface area contributed by atoms with Crippen molar-refractivity contribution >= 4 is 22.8 Å². The van der Waals surface area contributed by atoms with E-state index < -0.39 is 0 Å². The van der Waals surface area contributed by atoms with E-state index in [1.54, 1.807) is 6.20 Å². The van der Waals surface area contributed by atoms with Crippen LogP contribution in [-0.2, 0) is 0 Å². The molecule has 3 heterocycles. The zero-order valence-electron chi connectivity index (χ0n) is 11.5. The predicted octanol–water partition coefficient (Wildman–Crippen LogP) is 0.464. The maximum absolute atomic E-state index is 5.78. The van der Waals surface area contributed by atoms with Crippen LogP contribution in [0.15, 0.2) is 6.20 Å². The largest absolute Gasteiger partial charge is 0.368 e. The van der Waals surface area contributed by atoms with Gasteiger partial charge in [-0.15, -0.1) is 0 Å². The van der Waals surface area contributed by atoms with Crippen LogP contribution in [0.25, 0.3) is 11.0 Å². The van der Waals surface area contributed by atoms with Gasteiger partial charge in [0.1, 0.15) is 5.82 Å². The number of nitrogen functional groups attached to an aromatic ring is 1. The molecule has 0 aliphatic carbocycles. The SMILES string of the molecule is CC1CN(c2nc(N)nc3[nH]ncc23)CC(C)N1C. The van der Waals surface area contributed by atoms with Crippen molar-refractivity contribution in [3.8, 4) is 0 Å².